The van der Waals surface area contributed by atoms with Crippen LogP contribution in [0.5, 0.6) is 5.75 Å². The van der Waals surface area contributed by atoms with E-state index in [0.29, 0.717) is 24.4 Å². The highest BCUT2D eigenvalue weighted by Crippen LogP contribution is 2.26. The SMILES string of the molecule is CCC(c1nnnn1CC1CCCO1)N(CCc1ccccc1)Cc1cc2ccc(OC)cc2[nH]c1=O. The number of nitrogens with zero attached hydrogens (tertiary/aromatic N) is 5. The molecule has 194 valence electrons. The number of pyridine rings is 1. The molecule has 9 heteroatoms. The zero-order chi connectivity index (χ0) is 25.6. The van der Waals surface area contributed by atoms with Gasteiger partial charge >= 0.3 is 0 Å². The van der Waals surface area contributed by atoms with Crippen LogP contribution in [0.4, 0.5) is 0 Å². The number of tetrazole rings is 1. The van der Waals surface area contributed by atoms with Crippen molar-refractivity contribution in [1.82, 2.24) is 30.1 Å². The van der Waals surface area contributed by atoms with Gasteiger partial charge < -0.3 is 14.5 Å². The molecule has 1 saturated heterocycles. The van der Waals surface area contributed by atoms with Gasteiger partial charge in [0.1, 0.15) is 5.75 Å². The van der Waals surface area contributed by atoms with E-state index in [1.165, 1.54) is 5.56 Å². The lowest BCUT2D eigenvalue weighted by molar-refractivity contribution is 0.0893. The molecular formula is C28H34N6O3. The maximum Gasteiger partial charge on any atom is 0.252 e. The van der Waals surface area contributed by atoms with Gasteiger partial charge in [0, 0.05) is 31.3 Å². The van der Waals surface area contributed by atoms with E-state index < -0.39 is 0 Å². The van der Waals surface area contributed by atoms with E-state index >= 15 is 0 Å². The fraction of sp³-hybridized carbons (Fsp3) is 0.429. The molecule has 0 aliphatic carbocycles. The molecule has 0 saturated carbocycles. The number of methoxy groups -OCH3 is 1. The van der Waals surface area contributed by atoms with Gasteiger partial charge in [-0.2, -0.15) is 0 Å². The molecule has 5 rings (SSSR count). The van der Waals surface area contributed by atoms with Crippen molar-refractivity contribution in [3.05, 3.63) is 81.9 Å². The standard InChI is InChI=1S/C28H34N6O3/c1-3-26(27-30-31-32-34(27)19-24-10-7-15-37-24)33(14-13-20-8-5-4-6-9-20)18-22-16-21-11-12-23(36-2)17-25(21)29-28(22)35/h4-6,8-9,11-12,16-17,24,26H,3,7,10,13-15,18-19H2,1-2H3,(H,29,35). The molecule has 1 N–H and O–H groups in total. The van der Waals surface area contributed by atoms with Crippen LogP contribution < -0.4 is 10.3 Å². The second kappa shape index (κ2) is 11.7. The van der Waals surface area contributed by atoms with Crippen molar-refractivity contribution in [3.63, 3.8) is 0 Å². The van der Waals surface area contributed by atoms with Crippen LogP contribution in [-0.2, 0) is 24.2 Å². The number of benzene rings is 2. The number of nitrogens with one attached hydrogen (secondary N) is 1. The first-order valence-electron chi connectivity index (χ1n) is 13.0. The molecule has 2 aromatic carbocycles. The van der Waals surface area contributed by atoms with Crippen molar-refractivity contribution in [2.24, 2.45) is 0 Å². The lowest BCUT2D eigenvalue weighted by Crippen LogP contribution is -2.34. The minimum absolute atomic E-state index is 0.0499. The highest BCUT2D eigenvalue weighted by molar-refractivity contribution is 5.80. The molecule has 0 radical (unpaired) electrons. The first-order chi connectivity index (χ1) is 18.1. The monoisotopic (exact) mass is 502 g/mol. The molecule has 0 spiro atoms. The number of hydrogen-bond acceptors (Lipinski definition) is 7. The molecule has 1 aliphatic rings. The predicted octanol–water partition coefficient (Wildman–Crippen LogP) is 3.90. The molecule has 37 heavy (non-hydrogen) atoms. The average molecular weight is 503 g/mol. The van der Waals surface area contributed by atoms with E-state index in [4.69, 9.17) is 9.47 Å². The summed E-state index contributed by atoms with van der Waals surface area (Å²) >= 11 is 0. The maximum atomic E-state index is 13.2. The normalized spacial score (nSPS) is 16.5. The number of aromatic nitrogens is 5. The lowest BCUT2D eigenvalue weighted by atomic mass is 10.1. The summed E-state index contributed by atoms with van der Waals surface area (Å²) in [6.07, 6.45) is 3.89. The fourth-order valence-electron chi connectivity index (χ4n) is 5.12. The van der Waals surface area contributed by atoms with Gasteiger partial charge in [0.05, 0.1) is 31.3 Å². The first-order valence-corrected chi connectivity index (χ1v) is 13.0. The molecule has 0 bridgehead atoms. The average Bonchev–Trinajstić information content (AvgIpc) is 3.61. The molecule has 1 aliphatic heterocycles. The van der Waals surface area contributed by atoms with Gasteiger partial charge in [-0.25, -0.2) is 4.68 Å². The van der Waals surface area contributed by atoms with E-state index in [-0.39, 0.29) is 17.7 Å². The van der Waals surface area contributed by atoms with E-state index in [1.807, 2.05) is 35.0 Å². The number of ether oxygens (including phenoxy) is 2. The van der Waals surface area contributed by atoms with Crippen molar-refractivity contribution in [1.29, 1.82) is 0 Å². The Hall–Kier alpha value is -3.56. The maximum absolute atomic E-state index is 13.2. The topological polar surface area (TPSA) is 98.2 Å². The molecule has 1 fully saturated rings. The highest BCUT2D eigenvalue weighted by Gasteiger charge is 2.27. The summed E-state index contributed by atoms with van der Waals surface area (Å²) in [4.78, 5) is 18.5. The minimum atomic E-state index is -0.0979. The summed E-state index contributed by atoms with van der Waals surface area (Å²) in [7, 11) is 1.62. The second-order valence-corrected chi connectivity index (χ2v) is 9.56. The molecule has 0 amide bonds. The van der Waals surface area contributed by atoms with Crippen molar-refractivity contribution < 1.29 is 9.47 Å². The van der Waals surface area contributed by atoms with Crippen molar-refractivity contribution in [2.45, 2.75) is 57.8 Å². The third-order valence-electron chi connectivity index (χ3n) is 7.12. The van der Waals surface area contributed by atoms with Crippen LogP contribution in [-0.4, -0.2) is 56.5 Å². The summed E-state index contributed by atoms with van der Waals surface area (Å²) in [5, 5.41) is 13.7. The predicted molar refractivity (Wildman–Crippen MR) is 141 cm³/mol. The smallest absolute Gasteiger partial charge is 0.252 e. The fourth-order valence-corrected chi connectivity index (χ4v) is 5.12. The molecule has 2 aromatic heterocycles. The van der Waals surface area contributed by atoms with Gasteiger partial charge in [0.2, 0.25) is 0 Å². The van der Waals surface area contributed by atoms with Crippen LogP contribution in [0.2, 0.25) is 0 Å². The van der Waals surface area contributed by atoms with Gasteiger partial charge in [0.15, 0.2) is 5.82 Å². The number of rotatable bonds is 11. The van der Waals surface area contributed by atoms with Crippen LogP contribution in [0.25, 0.3) is 10.9 Å². The molecule has 2 atom stereocenters. The Morgan fingerprint density at radius 3 is 2.84 bits per heavy atom. The minimum Gasteiger partial charge on any atom is -0.497 e. The quantitative estimate of drug-likeness (QED) is 0.332. The Morgan fingerprint density at radius 2 is 2.08 bits per heavy atom. The third kappa shape index (κ3) is 5.89. The van der Waals surface area contributed by atoms with Gasteiger partial charge in [-0.3, -0.25) is 9.69 Å². The second-order valence-electron chi connectivity index (χ2n) is 9.56. The van der Waals surface area contributed by atoms with E-state index in [0.717, 1.165) is 55.6 Å². The van der Waals surface area contributed by atoms with Gasteiger partial charge in [-0.15, -0.1) is 5.10 Å². The Morgan fingerprint density at radius 1 is 1.22 bits per heavy atom. The van der Waals surface area contributed by atoms with E-state index in [2.05, 4.69) is 56.6 Å². The zero-order valence-electron chi connectivity index (χ0n) is 21.5. The van der Waals surface area contributed by atoms with Crippen LogP contribution in [0.15, 0.2) is 59.4 Å². The van der Waals surface area contributed by atoms with Crippen molar-refractivity contribution >= 4 is 10.9 Å². The van der Waals surface area contributed by atoms with Crippen LogP contribution in [0.1, 0.15) is 49.2 Å². The number of aromatic amines is 1. The Balaban J connectivity index is 1.45. The molecule has 9 nitrogen and oxygen atoms in total. The van der Waals surface area contributed by atoms with E-state index in [9.17, 15) is 4.79 Å². The molecule has 2 unspecified atom stereocenters. The van der Waals surface area contributed by atoms with Crippen LogP contribution >= 0.6 is 0 Å². The summed E-state index contributed by atoms with van der Waals surface area (Å²) in [5.41, 5.74) is 2.62. The summed E-state index contributed by atoms with van der Waals surface area (Å²) in [6.45, 7) is 4.82. The summed E-state index contributed by atoms with van der Waals surface area (Å²) < 4.78 is 13.0. The summed E-state index contributed by atoms with van der Waals surface area (Å²) in [5.74, 6) is 1.53. The molecule has 4 aromatic rings. The Kier molecular flexibility index (Phi) is 7.91. The van der Waals surface area contributed by atoms with Crippen molar-refractivity contribution in [2.75, 3.05) is 20.3 Å². The number of fused-ring (bicyclic) bond motifs is 1. The number of hydrogen-bond donors (Lipinski definition) is 1. The van der Waals surface area contributed by atoms with Gasteiger partial charge in [0.25, 0.3) is 5.56 Å². The van der Waals surface area contributed by atoms with Gasteiger partial charge in [-0.1, -0.05) is 37.3 Å². The number of H-pyrrole nitrogens is 1. The first kappa shape index (κ1) is 25.1. The van der Waals surface area contributed by atoms with Crippen molar-refractivity contribution in [3.8, 4) is 5.75 Å². The lowest BCUT2D eigenvalue weighted by Gasteiger charge is -2.30. The Bertz CT molecular complexity index is 1360. The third-order valence-corrected chi connectivity index (χ3v) is 7.12. The van der Waals surface area contributed by atoms with Crippen LogP contribution in [0.3, 0.4) is 0 Å². The Labute approximate surface area is 216 Å². The van der Waals surface area contributed by atoms with Gasteiger partial charge in [-0.05, 0) is 65.3 Å². The van der Waals surface area contributed by atoms with E-state index in [1.54, 1.807) is 7.11 Å². The summed E-state index contributed by atoms with van der Waals surface area (Å²) in [6, 6.07) is 18.1. The van der Waals surface area contributed by atoms with Crippen LogP contribution in [0, 0.1) is 0 Å². The molecule has 3 heterocycles. The largest absolute Gasteiger partial charge is 0.497 e. The zero-order valence-corrected chi connectivity index (χ0v) is 21.5. The molecular weight excluding hydrogens is 468 g/mol. The highest BCUT2D eigenvalue weighted by atomic mass is 16.5.